The van der Waals surface area contributed by atoms with Crippen molar-refractivity contribution in [3.63, 3.8) is 0 Å². The van der Waals surface area contributed by atoms with Crippen molar-refractivity contribution in [3.8, 4) is 5.75 Å². The van der Waals surface area contributed by atoms with E-state index in [4.69, 9.17) is 18.9 Å². The normalized spacial score (nSPS) is 27.8. The summed E-state index contributed by atoms with van der Waals surface area (Å²) in [6, 6.07) is 2.10. The Morgan fingerprint density at radius 3 is 2.76 bits per heavy atom. The van der Waals surface area contributed by atoms with E-state index in [-0.39, 0.29) is 6.10 Å². The molecular formula is C27H35N3O3S. The summed E-state index contributed by atoms with van der Waals surface area (Å²) < 4.78 is 17.9. The highest BCUT2D eigenvalue weighted by Gasteiger charge is 2.40. The molecule has 6 rings (SSSR count). The molecule has 3 aliphatic rings. The fourth-order valence-corrected chi connectivity index (χ4v) is 7.81. The Bertz CT molecular complexity index is 1100. The van der Waals surface area contributed by atoms with Crippen LogP contribution in [0.4, 0.5) is 0 Å². The molecule has 4 heterocycles. The molecular weight excluding hydrogens is 446 g/mol. The number of thiophene rings is 1. The molecule has 1 saturated heterocycles. The summed E-state index contributed by atoms with van der Waals surface area (Å²) in [5.41, 5.74) is 1.81. The molecule has 0 aromatic carbocycles. The highest BCUT2D eigenvalue weighted by Crippen LogP contribution is 2.48. The number of fused-ring (bicyclic) bond motifs is 3. The van der Waals surface area contributed by atoms with Crippen molar-refractivity contribution in [2.45, 2.75) is 82.3 Å². The molecule has 7 heteroatoms. The largest absolute Gasteiger partial charge is 0.490 e. The number of ether oxygens (including phenoxy) is 2. The van der Waals surface area contributed by atoms with Gasteiger partial charge >= 0.3 is 0 Å². The molecule has 0 spiro atoms. The van der Waals surface area contributed by atoms with Gasteiger partial charge < -0.3 is 13.9 Å². The first-order chi connectivity index (χ1) is 16.8. The number of oxazole rings is 1. The van der Waals surface area contributed by atoms with Crippen LogP contribution in [0.25, 0.3) is 10.2 Å². The molecule has 182 valence electrons. The van der Waals surface area contributed by atoms with Gasteiger partial charge in [-0.3, -0.25) is 4.90 Å². The Balaban J connectivity index is 1.19. The Morgan fingerprint density at radius 1 is 1.15 bits per heavy atom. The van der Waals surface area contributed by atoms with Crippen molar-refractivity contribution in [2.24, 2.45) is 0 Å². The molecule has 1 atom stereocenters. The molecule has 3 aromatic heterocycles. The number of aromatic nitrogens is 2. The van der Waals surface area contributed by atoms with Gasteiger partial charge in [-0.15, -0.1) is 11.3 Å². The maximum absolute atomic E-state index is 6.77. The van der Waals surface area contributed by atoms with E-state index < -0.39 is 0 Å². The second-order valence-electron chi connectivity index (χ2n) is 10.1. The molecule has 1 aliphatic heterocycles. The van der Waals surface area contributed by atoms with Gasteiger partial charge in [0, 0.05) is 36.1 Å². The van der Waals surface area contributed by atoms with E-state index in [1.165, 1.54) is 41.5 Å². The van der Waals surface area contributed by atoms with E-state index in [0.29, 0.717) is 11.5 Å². The fourth-order valence-electron chi connectivity index (χ4n) is 6.55. The second-order valence-corrected chi connectivity index (χ2v) is 11.2. The highest BCUT2D eigenvalue weighted by atomic mass is 32.1. The molecule has 0 unspecified atom stereocenters. The summed E-state index contributed by atoms with van der Waals surface area (Å²) in [4.78, 5) is 14.4. The molecule has 2 fully saturated rings. The molecule has 0 radical (unpaired) electrons. The molecule has 1 saturated carbocycles. The van der Waals surface area contributed by atoms with Gasteiger partial charge in [-0.2, -0.15) is 0 Å². The van der Waals surface area contributed by atoms with Gasteiger partial charge in [0.05, 0.1) is 30.9 Å². The van der Waals surface area contributed by atoms with E-state index >= 15 is 0 Å². The Morgan fingerprint density at radius 2 is 2.00 bits per heavy atom. The number of rotatable bonds is 7. The van der Waals surface area contributed by atoms with E-state index in [2.05, 4.69) is 22.9 Å². The van der Waals surface area contributed by atoms with Crippen LogP contribution in [-0.4, -0.2) is 52.8 Å². The summed E-state index contributed by atoms with van der Waals surface area (Å²) in [5, 5.41) is 1.28. The zero-order valence-electron chi connectivity index (χ0n) is 20.1. The van der Waals surface area contributed by atoms with Crippen LogP contribution >= 0.6 is 11.3 Å². The third-order valence-corrected chi connectivity index (χ3v) is 9.66. The number of aryl methyl sites for hydroxylation is 2. The molecule has 3 aromatic rings. The Kier molecular flexibility index (Phi) is 6.35. The van der Waals surface area contributed by atoms with Crippen molar-refractivity contribution in [3.05, 3.63) is 41.1 Å². The van der Waals surface area contributed by atoms with Gasteiger partial charge in [-0.25, -0.2) is 9.97 Å². The second kappa shape index (κ2) is 9.59. The van der Waals surface area contributed by atoms with Crippen LogP contribution in [-0.2, 0) is 17.6 Å². The number of pyridine rings is 1. The van der Waals surface area contributed by atoms with Crippen LogP contribution < -0.4 is 4.74 Å². The summed E-state index contributed by atoms with van der Waals surface area (Å²) in [6.45, 7) is 6.24. The minimum absolute atomic E-state index is 0.286. The summed E-state index contributed by atoms with van der Waals surface area (Å²) >= 11 is 1.86. The molecule has 34 heavy (non-hydrogen) atoms. The summed E-state index contributed by atoms with van der Waals surface area (Å²) in [5.74, 6) is 2.41. The van der Waals surface area contributed by atoms with E-state index in [1.807, 2.05) is 17.5 Å². The van der Waals surface area contributed by atoms with Crippen molar-refractivity contribution >= 4 is 21.6 Å². The topological polar surface area (TPSA) is 60.6 Å². The molecule has 0 bridgehead atoms. The quantitative estimate of drug-likeness (QED) is 0.428. The molecule has 0 N–H and O–H groups in total. The maximum Gasteiger partial charge on any atom is 0.193 e. The number of hydrogen-bond donors (Lipinski definition) is 0. The van der Waals surface area contributed by atoms with Crippen LogP contribution in [0.15, 0.2) is 29.1 Å². The van der Waals surface area contributed by atoms with Crippen LogP contribution in [0.2, 0.25) is 0 Å². The van der Waals surface area contributed by atoms with Crippen LogP contribution in [0.1, 0.15) is 74.1 Å². The number of nitrogens with zero attached hydrogens (tertiary/aromatic N) is 3. The summed E-state index contributed by atoms with van der Waals surface area (Å²) in [6.07, 6.45) is 15.8. The van der Waals surface area contributed by atoms with Crippen LogP contribution in [0, 0.1) is 0 Å². The smallest absolute Gasteiger partial charge is 0.193 e. The predicted molar refractivity (Wildman–Crippen MR) is 134 cm³/mol. The van der Waals surface area contributed by atoms with Crippen molar-refractivity contribution in [1.29, 1.82) is 0 Å². The van der Waals surface area contributed by atoms with Gasteiger partial charge in [-0.1, -0.05) is 6.92 Å². The first kappa shape index (κ1) is 22.5. The zero-order chi connectivity index (χ0) is 23.0. The maximum atomic E-state index is 6.77. The lowest BCUT2D eigenvalue weighted by Gasteiger charge is -2.49. The predicted octanol–water partition coefficient (Wildman–Crippen LogP) is 5.75. The third-order valence-electron chi connectivity index (χ3n) is 8.48. The number of hydrogen-bond acceptors (Lipinski definition) is 7. The van der Waals surface area contributed by atoms with Crippen molar-refractivity contribution in [2.75, 3.05) is 26.3 Å². The van der Waals surface area contributed by atoms with Gasteiger partial charge in [-0.05, 0) is 68.9 Å². The summed E-state index contributed by atoms with van der Waals surface area (Å²) in [7, 11) is 0. The Labute approximate surface area is 205 Å². The van der Waals surface area contributed by atoms with E-state index in [1.54, 1.807) is 12.5 Å². The monoisotopic (exact) mass is 481 g/mol. The average molecular weight is 482 g/mol. The van der Waals surface area contributed by atoms with Crippen molar-refractivity contribution < 1.29 is 13.9 Å². The lowest BCUT2D eigenvalue weighted by molar-refractivity contribution is -0.0510. The lowest BCUT2D eigenvalue weighted by Crippen LogP contribution is -2.55. The number of morpholine rings is 1. The van der Waals surface area contributed by atoms with Gasteiger partial charge in [0.15, 0.2) is 5.89 Å². The highest BCUT2D eigenvalue weighted by molar-refractivity contribution is 7.19. The first-order valence-electron chi connectivity index (χ1n) is 13.0. The average Bonchev–Trinajstić information content (AvgIpc) is 3.62. The van der Waals surface area contributed by atoms with E-state index in [9.17, 15) is 0 Å². The fraction of sp³-hybridized carbons (Fsp3) is 0.630. The lowest BCUT2D eigenvalue weighted by atomic mass is 9.77. The van der Waals surface area contributed by atoms with Crippen LogP contribution in [0.5, 0.6) is 5.75 Å². The molecule has 2 aliphatic carbocycles. The third kappa shape index (κ3) is 4.16. The van der Waals surface area contributed by atoms with Gasteiger partial charge in [0.1, 0.15) is 16.8 Å². The zero-order valence-corrected chi connectivity index (χ0v) is 20.9. The van der Waals surface area contributed by atoms with Crippen LogP contribution in [0.3, 0.4) is 0 Å². The van der Waals surface area contributed by atoms with Gasteiger partial charge in [0.2, 0.25) is 0 Å². The van der Waals surface area contributed by atoms with E-state index in [0.717, 1.165) is 74.9 Å². The first-order valence-corrected chi connectivity index (χ1v) is 13.9. The standard InChI is InChI=1S/C27H35N3O3S/c1-2-27(30-14-17-31-18-15-30)10-7-20(8-11-27)33-21-9-12-29-26-25(21)24-19(3-5-22(24)34-26)4-6-23-28-13-16-32-23/h9,12-13,16,19-20H,2-8,10-11,14-15,17-18H2,1H3/t19-,20?,27?/m1/s1. The SMILES string of the molecule is CCC1(N2CCOCC2)CCC(Oc2ccnc3sc4c(c23)[C@@H](CCc2ncco2)CC4)CC1. The molecule has 6 nitrogen and oxygen atoms in total. The van der Waals surface area contributed by atoms with Gasteiger partial charge in [0.25, 0.3) is 0 Å². The van der Waals surface area contributed by atoms with Crippen molar-refractivity contribution in [1.82, 2.24) is 14.9 Å². The molecule has 0 amide bonds. The Hall–Kier alpha value is -1.96. The minimum Gasteiger partial charge on any atom is -0.490 e. The minimum atomic E-state index is 0.286.